The number of para-hydroxylation sites is 1. The SMILES string of the molecule is CN(C)S(=O)(=O)c1cccc(OCC(F)F)c1N. The van der Waals surface area contributed by atoms with Crippen molar-refractivity contribution in [3.63, 3.8) is 0 Å². The molecular weight excluding hydrogens is 266 g/mol. The molecule has 0 atom stereocenters. The molecule has 0 heterocycles. The summed E-state index contributed by atoms with van der Waals surface area (Å²) in [4.78, 5) is -0.167. The van der Waals surface area contributed by atoms with Gasteiger partial charge in [0.1, 0.15) is 17.3 Å². The Morgan fingerprint density at radius 1 is 1.39 bits per heavy atom. The fourth-order valence-electron chi connectivity index (χ4n) is 1.22. The van der Waals surface area contributed by atoms with Crippen LogP contribution in [0.4, 0.5) is 14.5 Å². The van der Waals surface area contributed by atoms with E-state index in [4.69, 9.17) is 10.5 Å². The Balaban J connectivity index is 3.14. The zero-order chi connectivity index (χ0) is 13.9. The van der Waals surface area contributed by atoms with Crippen molar-refractivity contribution >= 4 is 15.7 Å². The average molecular weight is 280 g/mol. The van der Waals surface area contributed by atoms with Crippen LogP contribution < -0.4 is 10.5 Å². The number of halogens is 2. The second-order valence-corrected chi connectivity index (χ2v) is 5.78. The summed E-state index contributed by atoms with van der Waals surface area (Å²) in [5.41, 5.74) is 5.44. The minimum absolute atomic E-state index is 0.0711. The molecule has 0 saturated carbocycles. The van der Waals surface area contributed by atoms with Crippen molar-refractivity contribution in [2.75, 3.05) is 26.4 Å². The van der Waals surface area contributed by atoms with E-state index in [9.17, 15) is 17.2 Å². The van der Waals surface area contributed by atoms with Gasteiger partial charge in [0.25, 0.3) is 6.43 Å². The number of rotatable bonds is 5. The molecule has 0 aliphatic rings. The number of ether oxygens (including phenoxy) is 1. The quantitative estimate of drug-likeness (QED) is 0.822. The molecular formula is C10H14F2N2O3S. The van der Waals surface area contributed by atoms with Crippen LogP contribution in [-0.2, 0) is 10.0 Å². The summed E-state index contributed by atoms with van der Waals surface area (Å²) in [5.74, 6) is -0.0711. The number of anilines is 1. The molecule has 0 aromatic heterocycles. The van der Waals surface area contributed by atoms with Gasteiger partial charge in [-0.25, -0.2) is 21.5 Å². The normalized spacial score (nSPS) is 12.1. The van der Waals surface area contributed by atoms with Gasteiger partial charge >= 0.3 is 0 Å². The van der Waals surface area contributed by atoms with Crippen LogP contribution in [0.25, 0.3) is 0 Å². The van der Waals surface area contributed by atoms with Crippen molar-refractivity contribution in [1.29, 1.82) is 0 Å². The van der Waals surface area contributed by atoms with E-state index in [1.165, 1.54) is 32.3 Å². The number of hydrogen-bond acceptors (Lipinski definition) is 4. The molecule has 8 heteroatoms. The number of benzene rings is 1. The Bertz CT molecular complexity index is 518. The van der Waals surface area contributed by atoms with E-state index in [0.717, 1.165) is 4.31 Å². The standard InChI is InChI=1S/C10H14F2N2O3S/c1-14(2)18(15,16)8-5-3-4-7(10(8)13)17-6-9(11)12/h3-5,9H,6,13H2,1-2H3. The van der Waals surface area contributed by atoms with Crippen LogP contribution in [0.3, 0.4) is 0 Å². The summed E-state index contributed by atoms with van der Waals surface area (Å²) >= 11 is 0. The third kappa shape index (κ3) is 3.08. The topological polar surface area (TPSA) is 72.6 Å². The first-order chi connectivity index (χ1) is 8.26. The van der Waals surface area contributed by atoms with Crippen LogP contribution in [0, 0.1) is 0 Å². The van der Waals surface area contributed by atoms with Gasteiger partial charge in [-0.05, 0) is 12.1 Å². The first kappa shape index (κ1) is 14.7. The molecule has 0 radical (unpaired) electrons. The van der Waals surface area contributed by atoms with E-state index in [1.54, 1.807) is 0 Å². The van der Waals surface area contributed by atoms with Crippen molar-refractivity contribution in [3.8, 4) is 5.75 Å². The molecule has 1 aromatic carbocycles. The lowest BCUT2D eigenvalue weighted by atomic mass is 10.3. The smallest absolute Gasteiger partial charge is 0.272 e. The predicted molar refractivity (Wildman–Crippen MR) is 63.2 cm³/mol. The number of nitrogen functional groups attached to an aromatic ring is 1. The van der Waals surface area contributed by atoms with Crippen LogP contribution >= 0.6 is 0 Å². The molecule has 0 unspecified atom stereocenters. The van der Waals surface area contributed by atoms with Crippen molar-refractivity contribution in [2.45, 2.75) is 11.3 Å². The first-order valence-corrected chi connectivity index (χ1v) is 6.42. The second kappa shape index (κ2) is 5.49. The lowest BCUT2D eigenvalue weighted by Crippen LogP contribution is -2.23. The largest absolute Gasteiger partial charge is 0.485 e. The van der Waals surface area contributed by atoms with Crippen LogP contribution in [0.5, 0.6) is 5.75 Å². The molecule has 0 amide bonds. The molecule has 0 aliphatic heterocycles. The fraction of sp³-hybridized carbons (Fsp3) is 0.400. The third-order valence-electron chi connectivity index (χ3n) is 2.15. The number of sulfonamides is 1. The number of hydrogen-bond donors (Lipinski definition) is 1. The molecule has 0 saturated heterocycles. The van der Waals surface area contributed by atoms with Crippen LogP contribution in [0.1, 0.15) is 0 Å². The highest BCUT2D eigenvalue weighted by molar-refractivity contribution is 7.89. The maximum Gasteiger partial charge on any atom is 0.272 e. The third-order valence-corrected chi connectivity index (χ3v) is 4.02. The molecule has 0 fully saturated rings. The average Bonchev–Trinajstić information content (AvgIpc) is 2.27. The highest BCUT2D eigenvalue weighted by Gasteiger charge is 2.22. The maximum absolute atomic E-state index is 12.0. The van der Waals surface area contributed by atoms with Gasteiger partial charge in [0.15, 0.2) is 0 Å². The van der Waals surface area contributed by atoms with Gasteiger partial charge in [0, 0.05) is 14.1 Å². The van der Waals surface area contributed by atoms with E-state index >= 15 is 0 Å². The highest BCUT2D eigenvalue weighted by Crippen LogP contribution is 2.30. The summed E-state index contributed by atoms with van der Waals surface area (Å²) in [6, 6.07) is 4.01. The zero-order valence-corrected chi connectivity index (χ0v) is 10.7. The molecule has 1 aromatic rings. The maximum atomic E-state index is 12.0. The summed E-state index contributed by atoms with van der Waals surface area (Å²) < 4.78 is 53.6. The Hall–Kier alpha value is -1.41. The van der Waals surface area contributed by atoms with Crippen molar-refractivity contribution in [3.05, 3.63) is 18.2 Å². The minimum Gasteiger partial charge on any atom is -0.485 e. The second-order valence-electron chi connectivity index (χ2n) is 3.66. The summed E-state index contributed by atoms with van der Waals surface area (Å²) in [5, 5.41) is 0. The number of nitrogens with zero attached hydrogens (tertiary/aromatic N) is 1. The van der Waals surface area contributed by atoms with Gasteiger partial charge in [-0.2, -0.15) is 0 Å². The van der Waals surface area contributed by atoms with Crippen LogP contribution in [-0.4, -0.2) is 39.9 Å². The molecule has 2 N–H and O–H groups in total. The van der Waals surface area contributed by atoms with Crippen molar-refractivity contribution in [2.24, 2.45) is 0 Å². The monoisotopic (exact) mass is 280 g/mol. The predicted octanol–water partition coefficient (Wildman–Crippen LogP) is 1.16. The van der Waals surface area contributed by atoms with Crippen molar-refractivity contribution in [1.82, 2.24) is 4.31 Å². The minimum atomic E-state index is -3.73. The number of alkyl halides is 2. The van der Waals surface area contributed by atoms with E-state index in [2.05, 4.69) is 0 Å². The van der Waals surface area contributed by atoms with Gasteiger partial charge in [0.2, 0.25) is 10.0 Å². The molecule has 18 heavy (non-hydrogen) atoms. The molecule has 102 valence electrons. The van der Waals surface area contributed by atoms with E-state index in [1.807, 2.05) is 0 Å². The Labute approximate surface area is 104 Å². The lowest BCUT2D eigenvalue weighted by Gasteiger charge is -2.15. The van der Waals surface area contributed by atoms with Crippen LogP contribution in [0.2, 0.25) is 0 Å². The zero-order valence-electron chi connectivity index (χ0n) is 9.93. The Kier molecular flexibility index (Phi) is 4.47. The molecule has 5 nitrogen and oxygen atoms in total. The van der Waals surface area contributed by atoms with Gasteiger partial charge in [-0.15, -0.1) is 0 Å². The van der Waals surface area contributed by atoms with Crippen LogP contribution in [0.15, 0.2) is 23.1 Å². The fourth-order valence-corrected chi connectivity index (χ4v) is 2.25. The highest BCUT2D eigenvalue weighted by atomic mass is 32.2. The van der Waals surface area contributed by atoms with Gasteiger partial charge in [-0.3, -0.25) is 0 Å². The van der Waals surface area contributed by atoms with Gasteiger partial charge in [0.05, 0.1) is 5.69 Å². The Morgan fingerprint density at radius 3 is 2.50 bits per heavy atom. The molecule has 0 spiro atoms. The molecule has 1 rings (SSSR count). The lowest BCUT2D eigenvalue weighted by molar-refractivity contribution is 0.0822. The van der Waals surface area contributed by atoms with E-state index < -0.39 is 23.1 Å². The Morgan fingerprint density at radius 2 is 2.00 bits per heavy atom. The molecule has 0 aliphatic carbocycles. The van der Waals surface area contributed by atoms with E-state index in [-0.39, 0.29) is 16.3 Å². The number of nitrogens with two attached hydrogens (primary N) is 1. The summed E-state index contributed by atoms with van der Waals surface area (Å²) in [7, 11) is -1.03. The van der Waals surface area contributed by atoms with Gasteiger partial charge < -0.3 is 10.5 Å². The van der Waals surface area contributed by atoms with E-state index in [0.29, 0.717) is 0 Å². The molecule has 0 bridgehead atoms. The van der Waals surface area contributed by atoms with Crippen molar-refractivity contribution < 1.29 is 21.9 Å². The summed E-state index contributed by atoms with van der Waals surface area (Å²) in [6.07, 6.45) is -2.65. The van der Waals surface area contributed by atoms with Gasteiger partial charge in [-0.1, -0.05) is 6.07 Å². The first-order valence-electron chi connectivity index (χ1n) is 4.98. The summed E-state index contributed by atoms with van der Waals surface area (Å²) in [6.45, 7) is -0.838.